The number of carbonyl (C=O) groups is 2. The number of nitrogens with two attached hydrogens (primary N) is 1. The van der Waals surface area contributed by atoms with Gasteiger partial charge in [-0.15, -0.1) is 0 Å². The van der Waals surface area contributed by atoms with Gasteiger partial charge in [-0.1, -0.05) is 13.8 Å². The molecule has 1 fully saturated rings. The summed E-state index contributed by atoms with van der Waals surface area (Å²) in [5.41, 5.74) is 5.73. The predicted molar refractivity (Wildman–Crippen MR) is 67.8 cm³/mol. The van der Waals surface area contributed by atoms with Crippen LogP contribution >= 0.6 is 0 Å². The Labute approximate surface area is 108 Å². The molecule has 0 aromatic rings. The van der Waals surface area contributed by atoms with Gasteiger partial charge in [0.2, 0.25) is 11.8 Å². The van der Waals surface area contributed by atoms with Crippen LogP contribution in [0.2, 0.25) is 0 Å². The van der Waals surface area contributed by atoms with Crippen LogP contribution in [-0.2, 0) is 14.3 Å². The van der Waals surface area contributed by atoms with Crippen molar-refractivity contribution in [3.05, 3.63) is 0 Å². The van der Waals surface area contributed by atoms with E-state index >= 15 is 0 Å². The predicted octanol–water partition coefficient (Wildman–Crippen LogP) is -0.667. The van der Waals surface area contributed by atoms with Crippen LogP contribution in [-0.4, -0.2) is 55.1 Å². The molecule has 3 N–H and O–H groups in total. The van der Waals surface area contributed by atoms with Gasteiger partial charge < -0.3 is 20.7 Å². The lowest BCUT2D eigenvalue weighted by atomic mass is 10.0. The van der Waals surface area contributed by atoms with E-state index in [-0.39, 0.29) is 17.7 Å². The van der Waals surface area contributed by atoms with Gasteiger partial charge in [-0.2, -0.15) is 0 Å². The first-order chi connectivity index (χ1) is 8.43. The largest absolute Gasteiger partial charge is 0.378 e. The summed E-state index contributed by atoms with van der Waals surface area (Å²) in [5, 5.41) is 2.66. The second-order valence-corrected chi connectivity index (χ2v) is 4.94. The number of nitrogens with one attached hydrogen (secondary N) is 1. The van der Waals surface area contributed by atoms with E-state index in [0.29, 0.717) is 26.3 Å². The van der Waals surface area contributed by atoms with E-state index in [0.717, 1.165) is 0 Å². The molecule has 1 rings (SSSR count). The number of nitrogens with zero attached hydrogens (tertiary/aromatic N) is 1. The summed E-state index contributed by atoms with van der Waals surface area (Å²) >= 11 is 0. The van der Waals surface area contributed by atoms with E-state index in [2.05, 4.69) is 5.32 Å². The molecule has 0 aromatic carbocycles. The molecule has 6 nitrogen and oxygen atoms in total. The first kappa shape index (κ1) is 14.9. The van der Waals surface area contributed by atoms with Crippen molar-refractivity contribution < 1.29 is 14.3 Å². The molecular formula is C12H23N3O3. The third-order valence-corrected chi connectivity index (χ3v) is 3.07. The average molecular weight is 257 g/mol. The van der Waals surface area contributed by atoms with Crippen LogP contribution in [0.4, 0.5) is 0 Å². The highest BCUT2D eigenvalue weighted by Crippen LogP contribution is 2.02. The van der Waals surface area contributed by atoms with Crippen LogP contribution in [0.1, 0.15) is 20.8 Å². The second kappa shape index (κ2) is 6.70. The molecule has 1 aliphatic rings. The quantitative estimate of drug-likeness (QED) is 0.700. The number of morpholine rings is 1. The monoisotopic (exact) mass is 257 g/mol. The Morgan fingerprint density at radius 1 is 1.22 bits per heavy atom. The van der Waals surface area contributed by atoms with Crippen molar-refractivity contribution in [2.45, 2.75) is 32.9 Å². The highest BCUT2D eigenvalue weighted by molar-refractivity contribution is 5.89. The molecule has 1 heterocycles. The maximum absolute atomic E-state index is 12.0. The molecule has 1 unspecified atom stereocenters. The summed E-state index contributed by atoms with van der Waals surface area (Å²) in [4.78, 5) is 25.5. The summed E-state index contributed by atoms with van der Waals surface area (Å²) in [6, 6.07) is -1.12. The number of ether oxygens (including phenoxy) is 1. The van der Waals surface area contributed by atoms with Gasteiger partial charge in [0.05, 0.1) is 19.3 Å². The molecule has 0 aromatic heterocycles. The van der Waals surface area contributed by atoms with E-state index in [1.807, 2.05) is 13.8 Å². The third-order valence-electron chi connectivity index (χ3n) is 3.07. The van der Waals surface area contributed by atoms with Gasteiger partial charge >= 0.3 is 0 Å². The lowest BCUT2D eigenvalue weighted by Crippen LogP contribution is -2.54. The lowest BCUT2D eigenvalue weighted by Gasteiger charge is -2.30. The minimum Gasteiger partial charge on any atom is -0.378 e. The molecule has 0 saturated carbocycles. The molecule has 1 aliphatic heterocycles. The fourth-order valence-electron chi connectivity index (χ4n) is 1.73. The minimum atomic E-state index is -0.579. The maximum atomic E-state index is 12.0. The smallest absolute Gasteiger partial charge is 0.245 e. The van der Waals surface area contributed by atoms with Gasteiger partial charge in [0.15, 0.2) is 0 Å². The number of amides is 2. The molecule has 0 bridgehead atoms. The van der Waals surface area contributed by atoms with Gasteiger partial charge in [0.1, 0.15) is 6.04 Å². The fraction of sp³-hybridized carbons (Fsp3) is 0.833. The zero-order chi connectivity index (χ0) is 13.7. The van der Waals surface area contributed by atoms with E-state index in [1.54, 1.807) is 11.8 Å². The number of carbonyl (C=O) groups excluding carboxylic acids is 2. The maximum Gasteiger partial charge on any atom is 0.245 e. The molecule has 104 valence electrons. The van der Waals surface area contributed by atoms with E-state index in [1.165, 1.54) is 0 Å². The van der Waals surface area contributed by atoms with Gasteiger partial charge in [0.25, 0.3) is 0 Å². The molecule has 2 atom stereocenters. The summed E-state index contributed by atoms with van der Waals surface area (Å²) < 4.78 is 5.18. The molecule has 0 spiro atoms. The zero-order valence-electron chi connectivity index (χ0n) is 11.3. The molecule has 18 heavy (non-hydrogen) atoms. The Hall–Kier alpha value is -1.14. The van der Waals surface area contributed by atoms with Crippen molar-refractivity contribution in [3.63, 3.8) is 0 Å². The zero-order valence-corrected chi connectivity index (χ0v) is 11.3. The standard InChI is InChI=1S/C12H23N3O3/c1-8(2)10(13)11(16)14-9(3)12(17)15-4-6-18-7-5-15/h8-10H,4-7,13H2,1-3H3,(H,14,16)/t9?,10-/m1/s1. The Bertz CT molecular complexity index is 301. The van der Waals surface area contributed by atoms with Gasteiger partial charge in [-0.25, -0.2) is 0 Å². The van der Waals surface area contributed by atoms with E-state index < -0.39 is 12.1 Å². The first-order valence-corrected chi connectivity index (χ1v) is 6.36. The fourth-order valence-corrected chi connectivity index (χ4v) is 1.73. The summed E-state index contributed by atoms with van der Waals surface area (Å²) in [7, 11) is 0. The second-order valence-electron chi connectivity index (χ2n) is 4.94. The van der Waals surface area contributed by atoms with E-state index in [4.69, 9.17) is 10.5 Å². The topological polar surface area (TPSA) is 84.7 Å². The van der Waals surface area contributed by atoms with Crippen LogP contribution in [0, 0.1) is 5.92 Å². The van der Waals surface area contributed by atoms with Crippen molar-refractivity contribution in [1.82, 2.24) is 10.2 Å². The van der Waals surface area contributed by atoms with Gasteiger partial charge in [-0.05, 0) is 12.8 Å². The van der Waals surface area contributed by atoms with Crippen LogP contribution in [0.15, 0.2) is 0 Å². The lowest BCUT2D eigenvalue weighted by molar-refractivity contribution is -0.139. The van der Waals surface area contributed by atoms with Crippen molar-refractivity contribution in [1.29, 1.82) is 0 Å². The minimum absolute atomic E-state index is 0.0516. The Balaban J connectivity index is 2.46. The molecule has 2 amide bonds. The number of hydrogen-bond acceptors (Lipinski definition) is 4. The van der Waals surface area contributed by atoms with Crippen LogP contribution < -0.4 is 11.1 Å². The van der Waals surface area contributed by atoms with Gasteiger partial charge in [-0.3, -0.25) is 9.59 Å². The van der Waals surface area contributed by atoms with Crippen molar-refractivity contribution in [2.75, 3.05) is 26.3 Å². The summed E-state index contributed by atoms with van der Waals surface area (Å²) in [6.45, 7) is 7.69. The number of hydrogen-bond donors (Lipinski definition) is 2. The third kappa shape index (κ3) is 3.96. The van der Waals surface area contributed by atoms with Crippen molar-refractivity contribution in [3.8, 4) is 0 Å². The van der Waals surface area contributed by atoms with Crippen molar-refractivity contribution >= 4 is 11.8 Å². The highest BCUT2D eigenvalue weighted by Gasteiger charge is 2.26. The first-order valence-electron chi connectivity index (χ1n) is 6.36. The van der Waals surface area contributed by atoms with Gasteiger partial charge in [0, 0.05) is 13.1 Å². The Kier molecular flexibility index (Phi) is 5.55. The SMILES string of the molecule is CC(NC(=O)[C@H](N)C(C)C)C(=O)N1CCOCC1. The highest BCUT2D eigenvalue weighted by atomic mass is 16.5. The average Bonchev–Trinajstić information content (AvgIpc) is 2.37. The molecule has 6 heteroatoms. The Morgan fingerprint density at radius 2 is 1.78 bits per heavy atom. The molecule has 0 aliphatic carbocycles. The molecule has 0 radical (unpaired) electrons. The summed E-state index contributed by atoms with van der Waals surface area (Å²) in [5.74, 6) is -0.308. The van der Waals surface area contributed by atoms with E-state index in [9.17, 15) is 9.59 Å². The van der Waals surface area contributed by atoms with Crippen LogP contribution in [0.25, 0.3) is 0 Å². The van der Waals surface area contributed by atoms with Crippen LogP contribution in [0.3, 0.4) is 0 Å². The molecular weight excluding hydrogens is 234 g/mol. The van der Waals surface area contributed by atoms with Crippen molar-refractivity contribution in [2.24, 2.45) is 11.7 Å². The number of rotatable bonds is 4. The Morgan fingerprint density at radius 3 is 2.28 bits per heavy atom. The van der Waals surface area contributed by atoms with Crippen LogP contribution in [0.5, 0.6) is 0 Å². The summed E-state index contributed by atoms with van der Waals surface area (Å²) in [6.07, 6.45) is 0. The normalized spacial score (nSPS) is 19.5. The molecule has 1 saturated heterocycles.